The number of hydrogen-bond donors (Lipinski definition) is 1. The maximum atomic E-state index is 3.69. The normalized spacial score (nSPS) is 11.1. The highest BCUT2D eigenvalue weighted by Crippen LogP contribution is 2.31. The number of rotatable bonds is 6. The molecule has 0 aliphatic rings. The molecule has 0 spiro atoms. The smallest absolute Gasteiger partial charge is 0.0231 e. The molecule has 0 aromatic heterocycles. The molecule has 1 nitrogen and oxygen atoms in total. The van der Waals surface area contributed by atoms with Crippen LogP contribution in [0.15, 0.2) is 56.7 Å². The highest BCUT2D eigenvalue weighted by Gasteiger charge is 2.04. The molecule has 0 heterocycles. The van der Waals surface area contributed by atoms with Gasteiger partial charge in [0, 0.05) is 20.8 Å². The van der Waals surface area contributed by atoms with Crippen LogP contribution in [-0.2, 0) is 6.54 Å². The van der Waals surface area contributed by atoms with Gasteiger partial charge in [0.05, 0.1) is 0 Å². The minimum Gasteiger partial charge on any atom is -0.312 e. The van der Waals surface area contributed by atoms with Gasteiger partial charge in [-0.25, -0.2) is 0 Å². The van der Waals surface area contributed by atoms with Gasteiger partial charge >= 0.3 is 0 Å². The molecule has 2 aromatic carbocycles. The third-order valence-electron chi connectivity index (χ3n) is 3.12. The zero-order valence-electron chi connectivity index (χ0n) is 12.8. The Hall–Kier alpha value is -0.770. The molecule has 0 radical (unpaired) electrons. The standard InChI is InChI=1S/C18H22BrNS/c1-13(2)11-20-12-15-7-8-17(10-18(15)19)21-16-6-4-5-14(3)9-16/h4-10,13,20H,11-12H2,1-3H3. The van der Waals surface area contributed by atoms with E-state index in [4.69, 9.17) is 0 Å². The lowest BCUT2D eigenvalue weighted by Crippen LogP contribution is -2.19. The molecule has 0 atom stereocenters. The molecule has 0 unspecified atom stereocenters. The predicted molar refractivity (Wildman–Crippen MR) is 96.0 cm³/mol. The van der Waals surface area contributed by atoms with Crippen LogP contribution in [0.2, 0.25) is 0 Å². The first-order valence-electron chi connectivity index (χ1n) is 7.28. The number of hydrogen-bond acceptors (Lipinski definition) is 2. The fraction of sp³-hybridized carbons (Fsp3) is 0.333. The van der Waals surface area contributed by atoms with Crippen molar-refractivity contribution in [2.75, 3.05) is 6.54 Å². The quantitative estimate of drug-likeness (QED) is 0.710. The van der Waals surface area contributed by atoms with Crippen molar-refractivity contribution in [3.63, 3.8) is 0 Å². The Morgan fingerprint density at radius 2 is 1.86 bits per heavy atom. The van der Waals surface area contributed by atoms with E-state index >= 15 is 0 Å². The van der Waals surface area contributed by atoms with Gasteiger partial charge in [0.15, 0.2) is 0 Å². The fourth-order valence-corrected chi connectivity index (χ4v) is 3.69. The Labute approximate surface area is 140 Å². The Kier molecular flexibility index (Phi) is 6.34. The van der Waals surface area contributed by atoms with Crippen molar-refractivity contribution in [3.8, 4) is 0 Å². The van der Waals surface area contributed by atoms with Crippen LogP contribution in [0.4, 0.5) is 0 Å². The molecular formula is C18H22BrNS. The van der Waals surface area contributed by atoms with Gasteiger partial charge in [0.25, 0.3) is 0 Å². The lowest BCUT2D eigenvalue weighted by molar-refractivity contribution is 0.551. The van der Waals surface area contributed by atoms with Gasteiger partial charge in [0.2, 0.25) is 0 Å². The van der Waals surface area contributed by atoms with Gasteiger partial charge < -0.3 is 5.32 Å². The summed E-state index contributed by atoms with van der Waals surface area (Å²) in [5, 5.41) is 3.48. The molecule has 0 bridgehead atoms. The Bertz CT molecular complexity index is 596. The SMILES string of the molecule is Cc1cccc(Sc2ccc(CNCC(C)C)c(Br)c2)c1. The van der Waals surface area contributed by atoms with E-state index in [1.54, 1.807) is 11.8 Å². The summed E-state index contributed by atoms with van der Waals surface area (Å²) >= 11 is 5.49. The van der Waals surface area contributed by atoms with Crippen LogP contribution in [0.1, 0.15) is 25.0 Å². The van der Waals surface area contributed by atoms with Crippen molar-refractivity contribution in [2.45, 2.75) is 37.1 Å². The lowest BCUT2D eigenvalue weighted by atomic mass is 10.2. The van der Waals surface area contributed by atoms with Crippen LogP contribution in [-0.4, -0.2) is 6.54 Å². The minimum atomic E-state index is 0.680. The van der Waals surface area contributed by atoms with Gasteiger partial charge in [0.1, 0.15) is 0 Å². The third-order valence-corrected chi connectivity index (χ3v) is 4.84. The van der Waals surface area contributed by atoms with Crippen molar-refractivity contribution in [2.24, 2.45) is 5.92 Å². The van der Waals surface area contributed by atoms with Crippen molar-refractivity contribution < 1.29 is 0 Å². The molecule has 0 saturated heterocycles. The summed E-state index contributed by atoms with van der Waals surface area (Å²) in [5.74, 6) is 0.680. The molecule has 21 heavy (non-hydrogen) atoms. The molecular weight excluding hydrogens is 342 g/mol. The number of nitrogens with one attached hydrogen (secondary N) is 1. The summed E-state index contributed by atoms with van der Waals surface area (Å²) in [5.41, 5.74) is 2.61. The molecule has 3 heteroatoms. The van der Waals surface area contributed by atoms with Crippen molar-refractivity contribution in [3.05, 3.63) is 58.1 Å². The average Bonchev–Trinajstić information content (AvgIpc) is 2.41. The molecule has 0 fully saturated rings. The summed E-state index contributed by atoms with van der Waals surface area (Å²) in [7, 11) is 0. The first-order valence-corrected chi connectivity index (χ1v) is 8.89. The van der Waals surface area contributed by atoms with E-state index in [0.717, 1.165) is 13.1 Å². The van der Waals surface area contributed by atoms with Gasteiger partial charge in [-0.2, -0.15) is 0 Å². The van der Waals surface area contributed by atoms with E-state index in [0.29, 0.717) is 5.92 Å². The first-order chi connectivity index (χ1) is 10.0. The highest BCUT2D eigenvalue weighted by atomic mass is 79.9. The van der Waals surface area contributed by atoms with Gasteiger partial charge in [-0.3, -0.25) is 0 Å². The average molecular weight is 364 g/mol. The number of aryl methyl sites for hydroxylation is 1. The second-order valence-electron chi connectivity index (χ2n) is 5.70. The molecule has 2 rings (SSSR count). The highest BCUT2D eigenvalue weighted by molar-refractivity contribution is 9.10. The molecule has 0 aliphatic heterocycles. The molecule has 112 valence electrons. The largest absolute Gasteiger partial charge is 0.312 e. The van der Waals surface area contributed by atoms with Crippen LogP contribution in [0.3, 0.4) is 0 Å². The van der Waals surface area contributed by atoms with Crippen LogP contribution in [0.5, 0.6) is 0 Å². The van der Waals surface area contributed by atoms with Crippen LogP contribution in [0.25, 0.3) is 0 Å². The van der Waals surface area contributed by atoms with Crippen molar-refractivity contribution in [1.29, 1.82) is 0 Å². The van der Waals surface area contributed by atoms with Gasteiger partial charge in [-0.15, -0.1) is 0 Å². The molecule has 2 aromatic rings. The summed E-state index contributed by atoms with van der Waals surface area (Å²) in [6.07, 6.45) is 0. The second kappa shape index (κ2) is 8.02. The third kappa shape index (κ3) is 5.50. The summed E-state index contributed by atoms with van der Waals surface area (Å²) in [6.45, 7) is 8.54. The molecule has 0 amide bonds. The van der Waals surface area contributed by atoms with E-state index in [1.165, 1.54) is 25.4 Å². The molecule has 0 aliphatic carbocycles. The summed E-state index contributed by atoms with van der Waals surface area (Å²) < 4.78 is 1.18. The molecule has 1 N–H and O–H groups in total. The van der Waals surface area contributed by atoms with E-state index in [-0.39, 0.29) is 0 Å². The van der Waals surface area contributed by atoms with E-state index in [2.05, 4.69) is 84.5 Å². The zero-order valence-corrected chi connectivity index (χ0v) is 15.2. The van der Waals surface area contributed by atoms with Crippen molar-refractivity contribution in [1.82, 2.24) is 5.32 Å². The Morgan fingerprint density at radius 1 is 1.10 bits per heavy atom. The predicted octanol–water partition coefficient (Wildman–Crippen LogP) is 5.65. The fourth-order valence-electron chi connectivity index (χ4n) is 2.05. The van der Waals surface area contributed by atoms with Crippen LogP contribution < -0.4 is 5.32 Å². The molecule has 0 saturated carbocycles. The monoisotopic (exact) mass is 363 g/mol. The second-order valence-corrected chi connectivity index (χ2v) is 7.70. The maximum absolute atomic E-state index is 3.69. The summed E-state index contributed by atoms with van der Waals surface area (Å²) in [6, 6.07) is 15.2. The lowest BCUT2D eigenvalue weighted by Gasteiger charge is -2.10. The van der Waals surface area contributed by atoms with E-state index in [9.17, 15) is 0 Å². The first kappa shape index (κ1) is 16.6. The maximum Gasteiger partial charge on any atom is 0.0231 e. The number of benzene rings is 2. The van der Waals surface area contributed by atoms with E-state index in [1.807, 2.05) is 0 Å². The topological polar surface area (TPSA) is 12.0 Å². The van der Waals surface area contributed by atoms with Gasteiger partial charge in [-0.05, 0) is 49.2 Å². The Balaban J connectivity index is 2.01. The van der Waals surface area contributed by atoms with Gasteiger partial charge in [-0.1, -0.05) is 65.3 Å². The van der Waals surface area contributed by atoms with Crippen LogP contribution in [0, 0.1) is 12.8 Å². The zero-order chi connectivity index (χ0) is 15.2. The summed E-state index contributed by atoms with van der Waals surface area (Å²) in [4.78, 5) is 2.55. The Morgan fingerprint density at radius 3 is 2.52 bits per heavy atom. The van der Waals surface area contributed by atoms with Crippen LogP contribution >= 0.6 is 27.7 Å². The van der Waals surface area contributed by atoms with E-state index < -0.39 is 0 Å². The van der Waals surface area contributed by atoms with Crippen molar-refractivity contribution >= 4 is 27.7 Å². The minimum absolute atomic E-state index is 0.680. The number of halogens is 1.